The van der Waals surface area contributed by atoms with Crippen LogP contribution in [0.3, 0.4) is 0 Å². The Hall–Kier alpha value is -2.78. The Morgan fingerprint density at radius 2 is 1.52 bits per heavy atom. The molecule has 0 aliphatic carbocycles. The number of carbonyl (C=O) groups excluding carboxylic acids is 1. The number of hydrogen-bond donors (Lipinski definition) is 2. The van der Waals surface area contributed by atoms with Crippen molar-refractivity contribution in [2.24, 2.45) is 0 Å². The van der Waals surface area contributed by atoms with Crippen molar-refractivity contribution in [1.82, 2.24) is 5.32 Å². The van der Waals surface area contributed by atoms with Gasteiger partial charge in [-0.2, -0.15) is 0 Å². The number of hydrogen-bond acceptors (Lipinski definition) is 1. The number of urea groups is 1. The number of halogens is 1. The molecule has 0 heterocycles. The number of rotatable bonds is 5. The number of benzene rings is 3. The first-order valence-corrected chi connectivity index (χ1v) is 8.54. The minimum absolute atomic E-state index is 0.259. The molecule has 0 spiro atoms. The molecule has 0 unspecified atom stereocenters. The predicted octanol–water partition coefficient (Wildman–Crippen LogP) is 5.37. The maximum Gasteiger partial charge on any atom is 0.319 e. The second-order valence-corrected chi connectivity index (χ2v) is 6.04. The number of para-hydroxylation sites is 1. The molecule has 3 aromatic rings. The molecule has 4 heteroatoms. The summed E-state index contributed by atoms with van der Waals surface area (Å²) in [6.45, 7) is 0.542. The summed E-state index contributed by atoms with van der Waals surface area (Å²) >= 11 is 6.04. The molecule has 3 rings (SSSR count). The highest BCUT2D eigenvalue weighted by Gasteiger charge is 2.07. The summed E-state index contributed by atoms with van der Waals surface area (Å²) in [5, 5.41) is 6.16. The molecular formula is C21H19ClN2O. The van der Waals surface area contributed by atoms with Crippen molar-refractivity contribution in [2.45, 2.75) is 6.42 Å². The van der Waals surface area contributed by atoms with Crippen LogP contribution in [-0.2, 0) is 6.42 Å². The Balaban J connectivity index is 1.60. The molecule has 0 aromatic heterocycles. The van der Waals surface area contributed by atoms with Crippen molar-refractivity contribution in [3.05, 3.63) is 89.4 Å². The maximum absolute atomic E-state index is 12.0. The van der Waals surface area contributed by atoms with E-state index in [1.165, 1.54) is 16.7 Å². The summed E-state index contributed by atoms with van der Waals surface area (Å²) in [5.41, 5.74) is 4.17. The van der Waals surface area contributed by atoms with Crippen molar-refractivity contribution in [3.63, 3.8) is 0 Å². The standard InChI is InChI=1S/C21H19ClN2O/c22-19-12-6-7-13-20(19)24-21(25)23-15-14-17-10-4-5-11-18(17)16-8-2-1-3-9-16/h1-13H,14-15H2,(H2,23,24,25). The number of nitrogens with one attached hydrogen (secondary N) is 2. The van der Waals surface area contributed by atoms with Crippen LogP contribution in [0.2, 0.25) is 5.02 Å². The van der Waals surface area contributed by atoms with Crippen LogP contribution in [0.15, 0.2) is 78.9 Å². The average molecular weight is 351 g/mol. The van der Waals surface area contributed by atoms with Gasteiger partial charge in [-0.1, -0.05) is 78.3 Å². The molecule has 0 aliphatic rings. The van der Waals surface area contributed by atoms with Crippen molar-refractivity contribution in [2.75, 3.05) is 11.9 Å². The first-order chi connectivity index (χ1) is 12.2. The van der Waals surface area contributed by atoms with Crippen molar-refractivity contribution in [1.29, 1.82) is 0 Å². The van der Waals surface area contributed by atoms with Gasteiger partial charge in [-0.05, 0) is 35.2 Å². The lowest BCUT2D eigenvalue weighted by Gasteiger charge is -2.11. The van der Waals surface area contributed by atoms with E-state index in [9.17, 15) is 4.79 Å². The monoisotopic (exact) mass is 350 g/mol. The van der Waals surface area contributed by atoms with Gasteiger partial charge in [0.15, 0.2) is 0 Å². The molecule has 0 fully saturated rings. The Morgan fingerprint density at radius 3 is 2.32 bits per heavy atom. The fraction of sp³-hybridized carbons (Fsp3) is 0.0952. The van der Waals surface area contributed by atoms with E-state index in [4.69, 9.17) is 11.6 Å². The van der Waals surface area contributed by atoms with Gasteiger partial charge in [0.2, 0.25) is 0 Å². The van der Waals surface area contributed by atoms with Crippen molar-refractivity contribution in [3.8, 4) is 11.1 Å². The molecule has 25 heavy (non-hydrogen) atoms. The normalized spacial score (nSPS) is 10.3. The molecule has 0 bridgehead atoms. The quantitative estimate of drug-likeness (QED) is 0.638. The Labute approximate surface area is 152 Å². The fourth-order valence-corrected chi connectivity index (χ4v) is 2.86. The molecule has 126 valence electrons. The molecule has 3 nitrogen and oxygen atoms in total. The summed E-state index contributed by atoms with van der Waals surface area (Å²) in [6, 6.07) is 25.4. The molecule has 0 atom stereocenters. The van der Waals surface area contributed by atoms with Gasteiger partial charge in [-0.15, -0.1) is 0 Å². The fourth-order valence-electron chi connectivity index (χ4n) is 2.68. The lowest BCUT2D eigenvalue weighted by molar-refractivity contribution is 0.252. The Kier molecular flexibility index (Phi) is 5.70. The predicted molar refractivity (Wildman–Crippen MR) is 104 cm³/mol. The third-order valence-corrected chi connectivity index (χ3v) is 4.23. The van der Waals surface area contributed by atoms with E-state index in [0.29, 0.717) is 17.3 Å². The minimum atomic E-state index is -0.259. The van der Waals surface area contributed by atoms with Gasteiger partial charge < -0.3 is 10.6 Å². The lowest BCUT2D eigenvalue weighted by Crippen LogP contribution is -2.30. The SMILES string of the molecule is O=C(NCCc1ccccc1-c1ccccc1)Nc1ccccc1Cl. The van der Waals surface area contributed by atoms with Gasteiger partial charge in [-0.25, -0.2) is 4.79 Å². The van der Waals surface area contributed by atoms with Gasteiger partial charge in [0.25, 0.3) is 0 Å². The first-order valence-electron chi connectivity index (χ1n) is 8.17. The Bertz CT molecular complexity index is 849. The van der Waals surface area contributed by atoms with Gasteiger partial charge in [0.05, 0.1) is 10.7 Å². The highest BCUT2D eigenvalue weighted by Crippen LogP contribution is 2.23. The molecular weight excluding hydrogens is 332 g/mol. The summed E-state index contributed by atoms with van der Waals surface area (Å²) in [5.74, 6) is 0. The lowest BCUT2D eigenvalue weighted by atomic mass is 9.98. The number of carbonyl (C=O) groups is 1. The van der Waals surface area contributed by atoms with Crippen molar-refractivity contribution < 1.29 is 4.79 Å². The summed E-state index contributed by atoms with van der Waals surface area (Å²) in [7, 11) is 0. The first kappa shape index (κ1) is 17.1. The summed E-state index contributed by atoms with van der Waals surface area (Å²) < 4.78 is 0. The van der Waals surface area contributed by atoms with Crippen LogP contribution in [0.4, 0.5) is 10.5 Å². The van der Waals surface area contributed by atoms with Crippen LogP contribution in [0.25, 0.3) is 11.1 Å². The zero-order valence-corrected chi connectivity index (χ0v) is 14.5. The van der Waals surface area contributed by atoms with E-state index < -0.39 is 0 Å². The van der Waals surface area contributed by atoms with Crippen molar-refractivity contribution >= 4 is 23.3 Å². The van der Waals surface area contributed by atoms with Crippen LogP contribution in [0.5, 0.6) is 0 Å². The topological polar surface area (TPSA) is 41.1 Å². The summed E-state index contributed by atoms with van der Waals surface area (Å²) in [4.78, 5) is 12.0. The van der Waals surface area contributed by atoms with E-state index in [2.05, 4.69) is 34.9 Å². The number of anilines is 1. The van der Waals surface area contributed by atoms with E-state index in [1.807, 2.05) is 42.5 Å². The molecule has 0 aliphatic heterocycles. The zero-order valence-electron chi connectivity index (χ0n) is 13.7. The van der Waals surface area contributed by atoms with Crippen LogP contribution < -0.4 is 10.6 Å². The largest absolute Gasteiger partial charge is 0.338 e. The number of amides is 2. The minimum Gasteiger partial charge on any atom is -0.338 e. The third kappa shape index (κ3) is 4.61. The van der Waals surface area contributed by atoms with Crippen LogP contribution in [0.1, 0.15) is 5.56 Å². The molecule has 0 saturated heterocycles. The Morgan fingerprint density at radius 1 is 0.840 bits per heavy atom. The molecule has 0 radical (unpaired) electrons. The second-order valence-electron chi connectivity index (χ2n) is 5.63. The average Bonchev–Trinajstić information content (AvgIpc) is 2.65. The highest BCUT2D eigenvalue weighted by atomic mass is 35.5. The third-order valence-electron chi connectivity index (χ3n) is 3.90. The molecule has 2 N–H and O–H groups in total. The molecule has 0 saturated carbocycles. The van der Waals surface area contributed by atoms with Gasteiger partial charge >= 0.3 is 6.03 Å². The van der Waals surface area contributed by atoms with Crippen LogP contribution in [0, 0.1) is 0 Å². The van der Waals surface area contributed by atoms with Crippen LogP contribution >= 0.6 is 11.6 Å². The van der Waals surface area contributed by atoms with E-state index >= 15 is 0 Å². The smallest absolute Gasteiger partial charge is 0.319 e. The zero-order chi connectivity index (χ0) is 17.5. The summed E-state index contributed by atoms with van der Waals surface area (Å²) in [6.07, 6.45) is 0.751. The van der Waals surface area contributed by atoms with Gasteiger partial charge in [0, 0.05) is 6.54 Å². The van der Waals surface area contributed by atoms with E-state index in [1.54, 1.807) is 12.1 Å². The van der Waals surface area contributed by atoms with Gasteiger partial charge in [-0.3, -0.25) is 0 Å². The van der Waals surface area contributed by atoms with Gasteiger partial charge in [0.1, 0.15) is 0 Å². The van der Waals surface area contributed by atoms with Crippen LogP contribution in [-0.4, -0.2) is 12.6 Å². The highest BCUT2D eigenvalue weighted by molar-refractivity contribution is 6.33. The van der Waals surface area contributed by atoms with E-state index in [0.717, 1.165) is 6.42 Å². The molecule has 2 amide bonds. The maximum atomic E-state index is 12.0. The van der Waals surface area contributed by atoms with E-state index in [-0.39, 0.29) is 6.03 Å². The molecule has 3 aromatic carbocycles. The second kappa shape index (κ2) is 8.36.